The molecule has 0 radical (unpaired) electrons. The molecule has 0 nitrogen and oxygen atoms in total. The Morgan fingerprint density at radius 3 is 2.61 bits per heavy atom. The van der Waals surface area contributed by atoms with E-state index in [1.807, 2.05) is 6.08 Å². The molecule has 0 aliphatic carbocycles. The highest BCUT2D eigenvalue weighted by Crippen LogP contribution is 2.30. The molecule has 0 unspecified atom stereocenters. The summed E-state index contributed by atoms with van der Waals surface area (Å²) in [7, 11) is 0. The van der Waals surface area contributed by atoms with Crippen LogP contribution in [0.5, 0.6) is 0 Å². The molecule has 0 heteroatoms. The van der Waals surface area contributed by atoms with Gasteiger partial charge >= 0.3 is 0 Å². The molecule has 0 amide bonds. The van der Waals surface area contributed by atoms with Gasteiger partial charge in [-0.3, -0.25) is 0 Å². The molecule has 2 rings (SSSR count). The lowest BCUT2D eigenvalue weighted by molar-refractivity contribution is 1.15. The number of aryl methyl sites for hydroxylation is 2. The van der Waals surface area contributed by atoms with Gasteiger partial charge < -0.3 is 0 Å². The SMILES string of the molecule is C=Cc1cc2c(C)cccc2c(CC)c1/C=C\C. The Labute approximate surface area is 110 Å². The maximum Gasteiger partial charge on any atom is -0.0143 e. The minimum absolute atomic E-state index is 1.04. The fourth-order valence-corrected chi connectivity index (χ4v) is 2.60. The van der Waals surface area contributed by atoms with E-state index < -0.39 is 0 Å². The minimum Gasteiger partial charge on any atom is -0.0984 e. The highest BCUT2D eigenvalue weighted by atomic mass is 14.1. The van der Waals surface area contributed by atoms with Gasteiger partial charge in [-0.25, -0.2) is 0 Å². The van der Waals surface area contributed by atoms with Crippen LogP contribution in [0.15, 0.2) is 36.9 Å². The van der Waals surface area contributed by atoms with Gasteiger partial charge in [-0.05, 0) is 59.4 Å². The van der Waals surface area contributed by atoms with Crippen LogP contribution in [0.4, 0.5) is 0 Å². The van der Waals surface area contributed by atoms with Gasteiger partial charge in [0.05, 0.1) is 0 Å². The van der Waals surface area contributed by atoms with Crippen molar-refractivity contribution in [1.82, 2.24) is 0 Å². The standard InChI is InChI=1S/C18H20/c1-5-9-16-14(6-2)12-18-13(4)10-8-11-17(18)15(16)7-3/h5-6,8-12H,2,7H2,1,3-4H3/b9-5-. The molecule has 0 aliphatic heterocycles. The molecule has 0 heterocycles. The zero-order chi connectivity index (χ0) is 13.1. The molecule has 0 aromatic heterocycles. The van der Waals surface area contributed by atoms with Crippen LogP contribution in [0, 0.1) is 6.92 Å². The van der Waals surface area contributed by atoms with Crippen molar-refractivity contribution in [3.8, 4) is 0 Å². The van der Waals surface area contributed by atoms with Gasteiger partial charge in [0.15, 0.2) is 0 Å². The predicted octanol–water partition coefficient (Wildman–Crippen LogP) is 5.39. The Morgan fingerprint density at radius 2 is 2.00 bits per heavy atom. The van der Waals surface area contributed by atoms with E-state index in [0.29, 0.717) is 0 Å². The third-order valence-corrected chi connectivity index (χ3v) is 3.49. The van der Waals surface area contributed by atoms with Crippen LogP contribution in [0.1, 0.15) is 36.1 Å². The molecule has 0 aliphatic rings. The summed E-state index contributed by atoms with van der Waals surface area (Å²) < 4.78 is 0. The van der Waals surface area contributed by atoms with Crippen LogP contribution in [-0.4, -0.2) is 0 Å². The first-order chi connectivity index (χ1) is 8.72. The van der Waals surface area contributed by atoms with Crippen LogP contribution in [0.25, 0.3) is 22.9 Å². The maximum absolute atomic E-state index is 3.95. The molecule has 2 aromatic carbocycles. The number of allylic oxidation sites excluding steroid dienone is 1. The average Bonchev–Trinajstić information content (AvgIpc) is 2.39. The van der Waals surface area contributed by atoms with Crippen LogP contribution < -0.4 is 0 Å². The van der Waals surface area contributed by atoms with Gasteiger partial charge in [0.25, 0.3) is 0 Å². The molecule has 0 bridgehead atoms. The van der Waals surface area contributed by atoms with E-state index in [2.05, 4.69) is 63.8 Å². The smallest absolute Gasteiger partial charge is 0.0143 e. The van der Waals surface area contributed by atoms with Gasteiger partial charge in [-0.2, -0.15) is 0 Å². The first-order valence-corrected chi connectivity index (χ1v) is 6.53. The van der Waals surface area contributed by atoms with Crippen LogP contribution in [-0.2, 0) is 6.42 Å². The van der Waals surface area contributed by atoms with Crippen LogP contribution in [0.2, 0.25) is 0 Å². The zero-order valence-electron chi connectivity index (χ0n) is 11.5. The van der Waals surface area contributed by atoms with Crippen LogP contribution in [0.3, 0.4) is 0 Å². The largest absolute Gasteiger partial charge is 0.0984 e. The highest BCUT2D eigenvalue weighted by Gasteiger charge is 2.09. The fourth-order valence-electron chi connectivity index (χ4n) is 2.60. The fraction of sp³-hybridized carbons (Fsp3) is 0.222. The zero-order valence-corrected chi connectivity index (χ0v) is 11.5. The number of hydrogen-bond donors (Lipinski definition) is 0. The minimum atomic E-state index is 1.04. The molecule has 0 fully saturated rings. The molecular weight excluding hydrogens is 216 g/mol. The van der Waals surface area contributed by atoms with E-state index in [1.54, 1.807) is 0 Å². The predicted molar refractivity (Wildman–Crippen MR) is 82.9 cm³/mol. The highest BCUT2D eigenvalue weighted by molar-refractivity contribution is 5.94. The van der Waals surface area contributed by atoms with Gasteiger partial charge in [-0.1, -0.05) is 49.9 Å². The lowest BCUT2D eigenvalue weighted by Crippen LogP contribution is -1.94. The number of fused-ring (bicyclic) bond motifs is 1. The van der Waals surface area contributed by atoms with Gasteiger partial charge in [0.2, 0.25) is 0 Å². The summed E-state index contributed by atoms with van der Waals surface area (Å²) in [6.07, 6.45) is 7.29. The Hall–Kier alpha value is -1.82. The first-order valence-electron chi connectivity index (χ1n) is 6.53. The summed E-state index contributed by atoms with van der Waals surface area (Å²) >= 11 is 0. The lowest BCUT2D eigenvalue weighted by Gasteiger charge is -2.14. The second-order valence-corrected chi connectivity index (χ2v) is 4.59. The third kappa shape index (κ3) is 1.99. The van der Waals surface area contributed by atoms with Crippen molar-refractivity contribution in [3.63, 3.8) is 0 Å². The quantitative estimate of drug-likeness (QED) is 0.670. The lowest BCUT2D eigenvalue weighted by atomic mass is 9.90. The Morgan fingerprint density at radius 1 is 1.22 bits per heavy atom. The van der Waals surface area contributed by atoms with Crippen molar-refractivity contribution in [3.05, 3.63) is 59.2 Å². The molecule has 0 saturated heterocycles. The summed E-state index contributed by atoms with van der Waals surface area (Å²) in [6.45, 7) is 10.4. The van der Waals surface area contributed by atoms with Crippen molar-refractivity contribution in [1.29, 1.82) is 0 Å². The van der Waals surface area contributed by atoms with E-state index in [1.165, 1.54) is 33.0 Å². The monoisotopic (exact) mass is 236 g/mol. The van der Waals surface area contributed by atoms with E-state index in [0.717, 1.165) is 6.42 Å². The molecule has 0 saturated carbocycles. The molecule has 18 heavy (non-hydrogen) atoms. The number of hydrogen-bond acceptors (Lipinski definition) is 0. The summed E-state index contributed by atoms with van der Waals surface area (Å²) in [5, 5.41) is 2.72. The number of benzene rings is 2. The van der Waals surface area contributed by atoms with Crippen molar-refractivity contribution >= 4 is 22.9 Å². The van der Waals surface area contributed by atoms with Crippen molar-refractivity contribution in [2.75, 3.05) is 0 Å². The molecular formula is C18H20. The summed E-state index contributed by atoms with van der Waals surface area (Å²) in [4.78, 5) is 0. The van der Waals surface area contributed by atoms with E-state index in [4.69, 9.17) is 0 Å². The van der Waals surface area contributed by atoms with Gasteiger partial charge in [0, 0.05) is 0 Å². The van der Waals surface area contributed by atoms with Crippen LogP contribution >= 0.6 is 0 Å². The summed E-state index contributed by atoms with van der Waals surface area (Å²) in [6, 6.07) is 8.79. The second kappa shape index (κ2) is 5.22. The topological polar surface area (TPSA) is 0 Å². The molecule has 0 spiro atoms. The molecule has 0 atom stereocenters. The van der Waals surface area contributed by atoms with Gasteiger partial charge in [0.1, 0.15) is 0 Å². The van der Waals surface area contributed by atoms with Crippen molar-refractivity contribution < 1.29 is 0 Å². The first kappa shape index (κ1) is 12.6. The Balaban J connectivity index is 2.94. The van der Waals surface area contributed by atoms with E-state index >= 15 is 0 Å². The third-order valence-electron chi connectivity index (χ3n) is 3.49. The molecule has 2 aromatic rings. The summed E-state index contributed by atoms with van der Waals surface area (Å²) in [5.74, 6) is 0. The molecule has 92 valence electrons. The van der Waals surface area contributed by atoms with E-state index in [9.17, 15) is 0 Å². The number of rotatable bonds is 3. The van der Waals surface area contributed by atoms with Gasteiger partial charge in [-0.15, -0.1) is 0 Å². The Bertz CT molecular complexity index is 615. The summed E-state index contributed by atoms with van der Waals surface area (Å²) in [5.41, 5.74) is 5.29. The molecule has 0 N–H and O–H groups in total. The maximum atomic E-state index is 3.95. The van der Waals surface area contributed by atoms with Crippen molar-refractivity contribution in [2.24, 2.45) is 0 Å². The Kier molecular flexibility index (Phi) is 3.66. The van der Waals surface area contributed by atoms with E-state index in [-0.39, 0.29) is 0 Å². The average molecular weight is 236 g/mol. The van der Waals surface area contributed by atoms with Crippen molar-refractivity contribution in [2.45, 2.75) is 27.2 Å². The normalized spacial score (nSPS) is 11.3. The second-order valence-electron chi connectivity index (χ2n) is 4.59.